The molecule has 88 valence electrons. The average Bonchev–Trinajstić information content (AvgIpc) is 2.25. The van der Waals surface area contributed by atoms with Crippen LogP contribution in [0.2, 0.25) is 0 Å². The molecule has 5 nitrogen and oxygen atoms in total. The molecule has 0 saturated heterocycles. The molecule has 0 aliphatic heterocycles. The maximum atomic E-state index is 10.7. The molecule has 0 fully saturated rings. The molecular weight excluding hydrogens is 208 g/mol. The SMILES string of the molecule is CN(C)c1cccc(OC(CN)C(=O)O)c1. The van der Waals surface area contributed by atoms with Crippen LogP contribution in [0.1, 0.15) is 0 Å². The van der Waals surface area contributed by atoms with Crippen molar-refractivity contribution < 1.29 is 14.6 Å². The first-order valence-corrected chi connectivity index (χ1v) is 4.91. The molecule has 0 spiro atoms. The van der Waals surface area contributed by atoms with Crippen LogP contribution in [0.15, 0.2) is 24.3 Å². The summed E-state index contributed by atoms with van der Waals surface area (Å²) >= 11 is 0. The molecule has 0 aliphatic carbocycles. The van der Waals surface area contributed by atoms with E-state index in [0.29, 0.717) is 5.75 Å². The number of carbonyl (C=O) groups is 1. The van der Waals surface area contributed by atoms with Gasteiger partial charge in [0.1, 0.15) is 5.75 Å². The molecule has 1 unspecified atom stereocenters. The first-order valence-electron chi connectivity index (χ1n) is 4.91. The van der Waals surface area contributed by atoms with Crippen LogP contribution in [0.25, 0.3) is 0 Å². The van der Waals surface area contributed by atoms with Crippen molar-refractivity contribution in [3.05, 3.63) is 24.3 Å². The fourth-order valence-corrected chi connectivity index (χ4v) is 1.20. The lowest BCUT2D eigenvalue weighted by Gasteiger charge is -2.16. The van der Waals surface area contributed by atoms with Gasteiger partial charge in [-0.1, -0.05) is 6.07 Å². The quantitative estimate of drug-likeness (QED) is 0.763. The zero-order valence-electron chi connectivity index (χ0n) is 9.38. The van der Waals surface area contributed by atoms with Crippen molar-refractivity contribution in [2.24, 2.45) is 5.73 Å². The Kier molecular flexibility index (Phi) is 4.13. The highest BCUT2D eigenvalue weighted by atomic mass is 16.5. The van der Waals surface area contributed by atoms with Crippen molar-refractivity contribution in [3.63, 3.8) is 0 Å². The number of nitrogens with zero attached hydrogens (tertiary/aromatic N) is 1. The van der Waals surface area contributed by atoms with E-state index in [1.807, 2.05) is 25.1 Å². The summed E-state index contributed by atoms with van der Waals surface area (Å²) in [6, 6.07) is 7.19. The van der Waals surface area contributed by atoms with Gasteiger partial charge in [-0.15, -0.1) is 0 Å². The van der Waals surface area contributed by atoms with E-state index >= 15 is 0 Å². The van der Waals surface area contributed by atoms with E-state index < -0.39 is 12.1 Å². The zero-order chi connectivity index (χ0) is 12.1. The summed E-state index contributed by atoms with van der Waals surface area (Å²) < 4.78 is 5.26. The third kappa shape index (κ3) is 3.13. The number of rotatable bonds is 5. The molecule has 0 amide bonds. The first-order chi connectivity index (χ1) is 7.54. The maximum Gasteiger partial charge on any atom is 0.346 e. The fourth-order valence-electron chi connectivity index (χ4n) is 1.20. The molecule has 0 aromatic heterocycles. The van der Waals surface area contributed by atoms with Crippen molar-refractivity contribution in [3.8, 4) is 5.75 Å². The molecule has 1 rings (SSSR count). The summed E-state index contributed by atoms with van der Waals surface area (Å²) in [5.74, 6) is -0.554. The molecule has 5 heteroatoms. The lowest BCUT2D eigenvalue weighted by atomic mass is 10.3. The Morgan fingerprint density at radius 2 is 2.25 bits per heavy atom. The van der Waals surface area contributed by atoms with Gasteiger partial charge in [0.25, 0.3) is 0 Å². The van der Waals surface area contributed by atoms with Gasteiger partial charge in [0, 0.05) is 32.4 Å². The Balaban J connectivity index is 2.80. The maximum absolute atomic E-state index is 10.7. The minimum Gasteiger partial charge on any atom is -0.478 e. The average molecular weight is 224 g/mol. The minimum absolute atomic E-state index is 0.0540. The van der Waals surface area contributed by atoms with E-state index in [0.717, 1.165) is 5.69 Å². The number of benzene rings is 1. The third-order valence-electron chi connectivity index (χ3n) is 2.10. The number of nitrogens with two attached hydrogens (primary N) is 1. The van der Waals surface area contributed by atoms with Gasteiger partial charge in [-0.25, -0.2) is 4.79 Å². The molecule has 0 heterocycles. The number of aliphatic carboxylic acids is 1. The normalized spacial score (nSPS) is 11.9. The van der Waals surface area contributed by atoms with E-state index in [1.165, 1.54) is 0 Å². The number of anilines is 1. The predicted octanol–water partition coefficient (Wildman–Crippen LogP) is 0.543. The monoisotopic (exact) mass is 224 g/mol. The molecule has 1 atom stereocenters. The van der Waals surface area contributed by atoms with E-state index in [1.54, 1.807) is 18.2 Å². The number of carboxylic acids is 1. The second kappa shape index (κ2) is 5.37. The standard InChI is InChI=1S/C11H16N2O3/c1-13(2)8-4-3-5-9(6-8)16-10(7-12)11(14)15/h3-6,10H,7,12H2,1-2H3,(H,14,15). The summed E-state index contributed by atoms with van der Waals surface area (Å²) in [5.41, 5.74) is 6.25. The number of hydrogen-bond donors (Lipinski definition) is 2. The van der Waals surface area contributed by atoms with Crippen molar-refractivity contribution in [2.45, 2.75) is 6.10 Å². The van der Waals surface area contributed by atoms with Crippen LogP contribution in [0, 0.1) is 0 Å². The molecule has 0 bridgehead atoms. The second-order valence-electron chi connectivity index (χ2n) is 3.57. The second-order valence-corrected chi connectivity index (χ2v) is 3.57. The number of hydrogen-bond acceptors (Lipinski definition) is 4. The van der Waals surface area contributed by atoms with Crippen LogP contribution >= 0.6 is 0 Å². The largest absolute Gasteiger partial charge is 0.478 e. The summed E-state index contributed by atoms with van der Waals surface area (Å²) in [7, 11) is 3.80. The van der Waals surface area contributed by atoms with Crippen LogP contribution in [0.3, 0.4) is 0 Å². The van der Waals surface area contributed by atoms with Gasteiger partial charge >= 0.3 is 5.97 Å². The Morgan fingerprint density at radius 1 is 1.56 bits per heavy atom. The van der Waals surface area contributed by atoms with Gasteiger partial charge in [-0.05, 0) is 12.1 Å². The number of carboxylic acid groups (broad SMARTS) is 1. The van der Waals surface area contributed by atoms with Crippen LogP contribution < -0.4 is 15.4 Å². The van der Waals surface area contributed by atoms with Crippen molar-refractivity contribution in [2.75, 3.05) is 25.5 Å². The highest BCUT2D eigenvalue weighted by Gasteiger charge is 2.17. The Labute approximate surface area is 94.4 Å². The van der Waals surface area contributed by atoms with Crippen molar-refractivity contribution >= 4 is 11.7 Å². The van der Waals surface area contributed by atoms with Crippen LogP contribution in [-0.2, 0) is 4.79 Å². The van der Waals surface area contributed by atoms with E-state index in [9.17, 15) is 4.79 Å². The summed E-state index contributed by atoms with van der Waals surface area (Å²) in [4.78, 5) is 12.6. The van der Waals surface area contributed by atoms with Gasteiger partial charge in [0.15, 0.2) is 0 Å². The van der Waals surface area contributed by atoms with Crippen LogP contribution in [0.4, 0.5) is 5.69 Å². The molecule has 3 N–H and O–H groups in total. The minimum atomic E-state index is -1.06. The molecule has 1 aromatic carbocycles. The predicted molar refractivity (Wildman–Crippen MR) is 61.9 cm³/mol. The Hall–Kier alpha value is -1.75. The van der Waals surface area contributed by atoms with Crippen LogP contribution in [-0.4, -0.2) is 37.8 Å². The van der Waals surface area contributed by atoms with E-state index in [-0.39, 0.29) is 6.54 Å². The molecule has 1 aromatic rings. The molecular formula is C11H16N2O3. The summed E-state index contributed by atoms with van der Waals surface area (Å²) in [5, 5.41) is 8.80. The highest BCUT2D eigenvalue weighted by molar-refractivity contribution is 5.73. The highest BCUT2D eigenvalue weighted by Crippen LogP contribution is 2.20. The Morgan fingerprint density at radius 3 is 2.75 bits per heavy atom. The third-order valence-corrected chi connectivity index (χ3v) is 2.10. The lowest BCUT2D eigenvalue weighted by Crippen LogP contribution is -2.34. The topological polar surface area (TPSA) is 75.8 Å². The lowest BCUT2D eigenvalue weighted by molar-refractivity contribution is -0.144. The molecule has 0 radical (unpaired) electrons. The van der Waals surface area contributed by atoms with Crippen LogP contribution in [0.5, 0.6) is 5.75 Å². The first kappa shape index (κ1) is 12.3. The molecule has 16 heavy (non-hydrogen) atoms. The van der Waals surface area contributed by atoms with Crippen molar-refractivity contribution in [1.82, 2.24) is 0 Å². The fraction of sp³-hybridized carbons (Fsp3) is 0.364. The Bertz CT molecular complexity index is 366. The summed E-state index contributed by atoms with van der Waals surface area (Å²) in [6.45, 7) is -0.0540. The smallest absolute Gasteiger partial charge is 0.346 e. The van der Waals surface area contributed by atoms with Gasteiger partial charge in [-0.3, -0.25) is 0 Å². The van der Waals surface area contributed by atoms with E-state index in [2.05, 4.69) is 0 Å². The summed E-state index contributed by atoms with van der Waals surface area (Å²) in [6.07, 6.45) is -1.00. The number of ether oxygens (including phenoxy) is 1. The molecule has 0 saturated carbocycles. The van der Waals surface area contributed by atoms with E-state index in [4.69, 9.17) is 15.6 Å². The van der Waals surface area contributed by atoms with Gasteiger partial charge < -0.3 is 20.5 Å². The van der Waals surface area contributed by atoms with Gasteiger partial charge in [0.2, 0.25) is 6.10 Å². The molecule has 0 aliphatic rings. The zero-order valence-corrected chi connectivity index (χ0v) is 9.38. The van der Waals surface area contributed by atoms with Gasteiger partial charge in [-0.2, -0.15) is 0 Å². The van der Waals surface area contributed by atoms with Crippen molar-refractivity contribution in [1.29, 1.82) is 0 Å². The van der Waals surface area contributed by atoms with Gasteiger partial charge in [0.05, 0.1) is 0 Å².